The second-order valence-electron chi connectivity index (χ2n) is 5.70. The van der Waals surface area contributed by atoms with Gasteiger partial charge < -0.3 is 5.11 Å². The molecule has 4 nitrogen and oxygen atoms in total. The second-order valence-corrected chi connectivity index (χ2v) is 7.09. The van der Waals surface area contributed by atoms with Crippen LogP contribution in [0.3, 0.4) is 0 Å². The van der Waals surface area contributed by atoms with E-state index in [0.717, 1.165) is 17.3 Å². The Balaban J connectivity index is 2.05. The van der Waals surface area contributed by atoms with Gasteiger partial charge >= 0.3 is 6.18 Å². The van der Waals surface area contributed by atoms with Crippen LogP contribution in [0.25, 0.3) is 0 Å². The molecule has 0 fully saturated rings. The summed E-state index contributed by atoms with van der Waals surface area (Å²) in [7, 11) is 0. The predicted molar refractivity (Wildman–Crippen MR) is 92.4 cm³/mol. The van der Waals surface area contributed by atoms with Crippen LogP contribution in [0.4, 0.5) is 13.2 Å². The van der Waals surface area contributed by atoms with Gasteiger partial charge in [-0.05, 0) is 18.1 Å². The maximum atomic E-state index is 13.3. The lowest BCUT2D eigenvalue weighted by molar-refractivity contribution is -0.301. The molecule has 1 aromatic carbocycles. The van der Waals surface area contributed by atoms with Crippen LogP contribution in [0.2, 0.25) is 5.02 Å². The van der Waals surface area contributed by atoms with Gasteiger partial charge in [0.1, 0.15) is 0 Å². The van der Waals surface area contributed by atoms with Crippen LogP contribution in [0, 0.1) is 0 Å². The summed E-state index contributed by atoms with van der Waals surface area (Å²) >= 11 is 7.12. The minimum absolute atomic E-state index is 0.173. The van der Waals surface area contributed by atoms with Crippen LogP contribution in [-0.2, 0) is 10.5 Å². The fourth-order valence-corrected chi connectivity index (χ4v) is 3.61. The lowest BCUT2D eigenvalue weighted by Crippen LogP contribution is -2.57. The Labute approximate surface area is 153 Å². The topological polar surface area (TPSA) is 52.9 Å². The van der Waals surface area contributed by atoms with Crippen molar-refractivity contribution in [3.8, 4) is 0 Å². The lowest BCUT2D eigenvalue weighted by Gasteiger charge is -2.32. The van der Waals surface area contributed by atoms with E-state index in [1.807, 2.05) is 0 Å². The van der Waals surface area contributed by atoms with Crippen molar-refractivity contribution in [2.45, 2.75) is 43.8 Å². The number of aliphatic hydroxyl groups is 1. The quantitative estimate of drug-likeness (QED) is 0.786. The van der Waals surface area contributed by atoms with E-state index >= 15 is 0 Å². The summed E-state index contributed by atoms with van der Waals surface area (Å²) in [5.41, 5.74) is -2.31. The van der Waals surface area contributed by atoms with Gasteiger partial charge in [-0.15, -0.1) is 11.8 Å². The molecule has 1 amide bonds. The van der Waals surface area contributed by atoms with Gasteiger partial charge in [0, 0.05) is 22.9 Å². The third-order valence-corrected chi connectivity index (χ3v) is 5.05. The van der Waals surface area contributed by atoms with Crippen LogP contribution in [0.1, 0.15) is 31.7 Å². The first-order valence-electron chi connectivity index (χ1n) is 7.68. The average Bonchev–Trinajstić information content (AvgIpc) is 2.87. The van der Waals surface area contributed by atoms with Crippen molar-refractivity contribution in [2.75, 3.05) is 5.75 Å². The van der Waals surface area contributed by atoms with Crippen molar-refractivity contribution >= 4 is 35.0 Å². The number of hydrogen-bond acceptors (Lipinski definition) is 4. The molecule has 0 radical (unpaired) electrons. The van der Waals surface area contributed by atoms with Gasteiger partial charge in [-0.2, -0.15) is 23.3 Å². The minimum Gasteiger partial charge on any atom is -0.362 e. The standard InChI is InChI=1S/C16H18ClF3N2O2S/c1-2-5-12-8-15(24,16(18,19)20)22(21-12)14(23)10-25-9-11-6-3-4-7-13(11)17/h3-4,6-7,24H,2,5,8-10H2,1H3/t15-/m1/s1. The van der Waals surface area contributed by atoms with E-state index in [4.69, 9.17) is 11.6 Å². The fraction of sp³-hybridized carbons (Fsp3) is 0.500. The third-order valence-electron chi connectivity index (χ3n) is 3.71. The van der Waals surface area contributed by atoms with E-state index in [-0.39, 0.29) is 16.5 Å². The zero-order valence-corrected chi connectivity index (χ0v) is 15.1. The molecule has 0 aliphatic carbocycles. The number of nitrogens with zero attached hydrogens (tertiary/aromatic N) is 2. The van der Waals surface area contributed by atoms with E-state index in [9.17, 15) is 23.1 Å². The molecule has 138 valence electrons. The Bertz CT molecular complexity index is 669. The van der Waals surface area contributed by atoms with Crippen LogP contribution in [0.15, 0.2) is 29.4 Å². The van der Waals surface area contributed by atoms with E-state index in [1.165, 1.54) is 0 Å². The monoisotopic (exact) mass is 394 g/mol. The van der Waals surface area contributed by atoms with Gasteiger partial charge in [0.2, 0.25) is 0 Å². The Kier molecular flexibility index (Phi) is 6.40. The molecule has 1 N–H and O–H groups in total. The van der Waals surface area contributed by atoms with Crippen LogP contribution < -0.4 is 0 Å². The number of thioether (sulfide) groups is 1. The van der Waals surface area contributed by atoms with Crippen molar-refractivity contribution in [3.63, 3.8) is 0 Å². The molecule has 1 heterocycles. The molecule has 0 aromatic heterocycles. The number of rotatable bonds is 6. The van der Waals surface area contributed by atoms with Crippen LogP contribution in [0.5, 0.6) is 0 Å². The normalized spacial score (nSPS) is 20.7. The van der Waals surface area contributed by atoms with Gasteiger partial charge in [0.25, 0.3) is 11.6 Å². The molecule has 25 heavy (non-hydrogen) atoms. The summed E-state index contributed by atoms with van der Waals surface area (Å²) in [5, 5.41) is 14.5. The van der Waals surface area contributed by atoms with Gasteiger partial charge in [0.15, 0.2) is 0 Å². The van der Waals surface area contributed by atoms with E-state index in [0.29, 0.717) is 23.6 Å². The minimum atomic E-state index is -4.98. The molecule has 1 aliphatic heterocycles. The third kappa shape index (κ3) is 4.48. The molecule has 1 aromatic rings. The second kappa shape index (κ2) is 7.97. The first kappa shape index (κ1) is 20.1. The molecule has 0 bridgehead atoms. The summed E-state index contributed by atoms with van der Waals surface area (Å²) in [4.78, 5) is 12.2. The molecular weight excluding hydrogens is 377 g/mol. The van der Waals surface area contributed by atoms with Gasteiger partial charge in [0.05, 0.1) is 5.75 Å². The highest BCUT2D eigenvalue weighted by atomic mass is 35.5. The van der Waals surface area contributed by atoms with Crippen LogP contribution in [-0.4, -0.2) is 39.4 Å². The number of hydrazone groups is 1. The zero-order valence-electron chi connectivity index (χ0n) is 13.5. The molecule has 1 aliphatic rings. The molecule has 0 saturated carbocycles. The molecule has 1 atom stereocenters. The Hall–Kier alpha value is -1.25. The van der Waals surface area contributed by atoms with E-state index < -0.39 is 24.2 Å². The lowest BCUT2D eigenvalue weighted by atomic mass is 10.0. The maximum Gasteiger partial charge on any atom is 0.438 e. The van der Waals surface area contributed by atoms with Crippen molar-refractivity contribution in [3.05, 3.63) is 34.9 Å². The summed E-state index contributed by atoms with van der Waals surface area (Å²) < 4.78 is 39.8. The Morgan fingerprint density at radius 2 is 2.12 bits per heavy atom. The van der Waals surface area contributed by atoms with Gasteiger partial charge in [-0.3, -0.25) is 4.79 Å². The van der Waals surface area contributed by atoms with Crippen LogP contribution >= 0.6 is 23.4 Å². The summed E-state index contributed by atoms with van der Waals surface area (Å²) in [5.74, 6) is -0.759. The van der Waals surface area contributed by atoms with Crippen molar-refractivity contribution in [1.82, 2.24) is 5.01 Å². The molecule has 0 unspecified atom stereocenters. The van der Waals surface area contributed by atoms with Crippen molar-refractivity contribution in [1.29, 1.82) is 0 Å². The summed E-state index contributed by atoms with van der Waals surface area (Å²) in [6.07, 6.45) is -4.80. The number of carbonyl (C=O) groups is 1. The number of amides is 1. The number of carbonyl (C=O) groups excluding carboxylic acids is 1. The first-order valence-corrected chi connectivity index (χ1v) is 9.22. The molecule has 0 saturated heterocycles. The maximum absolute atomic E-state index is 13.3. The molecule has 9 heteroatoms. The number of hydrogen-bond donors (Lipinski definition) is 1. The Morgan fingerprint density at radius 3 is 2.72 bits per heavy atom. The highest BCUT2D eigenvalue weighted by molar-refractivity contribution is 7.99. The van der Waals surface area contributed by atoms with Gasteiger partial charge in [-0.1, -0.05) is 43.1 Å². The summed E-state index contributed by atoms with van der Waals surface area (Å²) in [6, 6.07) is 7.02. The fourth-order valence-electron chi connectivity index (χ4n) is 2.45. The number of halogens is 4. The average molecular weight is 395 g/mol. The van der Waals surface area contributed by atoms with Gasteiger partial charge in [-0.25, -0.2) is 0 Å². The van der Waals surface area contributed by atoms with E-state index in [1.54, 1.807) is 31.2 Å². The highest BCUT2D eigenvalue weighted by Gasteiger charge is 2.62. The Morgan fingerprint density at radius 1 is 1.44 bits per heavy atom. The number of benzene rings is 1. The highest BCUT2D eigenvalue weighted by Crippen LogP contribution is 2.41. The number of alkyl halides is 3. The van der Waals surface area contributed by atoms with Crippen molar-refractivity contribution < 1.29 is 23.1 Å². The van der Waals surface area contributed by atoms with E-state index in [2.05, 4.69) is 5.10 Å². The molecular formula is C16H18ClF3N2O2S. The molecule has 0 spiro atoms. The predicted octanol–water partition coefficient (Wildman–Crippen LogP) is 4.21. The van der Waals surface area contributed by atoms with Crippen molar-refractivity contribution in [2.24, 2.45) is 5.10 Å². The smallest absolute Gasteiger partial charge is 0.362 e. The largest absolute Gasteiger partial charge is 0.438 e. The molecule has 2 rings (SSSR count). The first-order chi connectivity index (χ1) is 11.7. The zero-order chi connectivity index (χ0) is 18.7. The summed E-state index contributed by atoms with van der Waals surface area (Å²) in [6.45, 7) is 1.79. The SMILES string of the molecule is CCCC1=NN(C(=O)CSCc2ccccc2Cl)[C@](O)(C(F)(F)F)C1.